The second-order valence-electron chi connectivity index (χ2n) is 19.2. The van der Waals surface area contributed by atoms with Gasteiger partial charge in [0, 0.05) is 17.0 Å². The molecule has 5 aliphatic carbocycles. The summed E-state index contributed by atoms with van der Waals surface area (Å²) in [6.45, 7) is 20.0. The number of aliphatic hydroxyl groups is 1. The molecule has 2 aromatic rings. The Labute approximate surface area is 320 Å². The molecule has 0 bridgehead atoms. The third kappa shape index (κ3) is 6.04. The summed E-state index contributed by atoms with van der Waals surface area (Å²) in [5, 5.41) is 26.6. The number of allylic oxidation sites excluding steroid dienone is 1. The van der Waals surface area contributed by atoms with Crippen LogP contribution < -0.4 is 10.6 Å². The third-order valence-electron chi connectivity index (χ3n) is 16.7. The van der Waals surface area contributed by atoms with Gasteiger partial charge in [-0.25, -0.2) is 4.79 Å². The van der Waals surface area contributed by atoms with Crippen molar-refractivity contribution in [3.05, 3.63) is 69.4 Å². The maximum Gasteiger partial charge on any atom is 0.345 e. The maximum atomic E-state index is 14.6. The summed E-state index contributed by atoms with van der Waals surface area (Å²) in [6, 6.07) is 10.8. The molecule has 7 nitrogen and oxygen atoms in total. The van der Waals surface area contributed by atoms with Crippen LogP contribution >= 0.6 is 11.3 Å². The topological polar surface area (TPSA) is 116 Å². The molecule has 0 aliphatic heterocycles. The second-order valence-corrected chi connectivity index (χ2v) is 20.3. The summed E-state index contributed by atoms with van der Waals surface area (Å²) >= 11 is 1.16. The highest BCUT2D eigenvalue weighted by Gasteiger charge is 2.71. The second kappa shape index (κ2) is 13.6. The van der Waals surface area contributed by atoms with Crippen LogP contribution in [0.15, 0.2) is 48.6 Å². The van der Waals surface area contributed by atoms with Crippen molar-refractivity contribution >= 4 is 29.1 Å². The van der Waals surface area contributed by atoms with E-state index in [0.717, 1.165) is 60.3 Å². The van der Waals surface area contributed by atoms with Crippen LogP contribution in [0.5, 0.6) is 0 Å². The Morgan fingerprint density at radius 2 is 1.64 bits per heavy atom. The van der Waals surface area contributed by atoms with E-state index in [9.17, 15) is 24.6 Å². The Morgan fingerprint density at radius 1 is 0.868 bits per heavy atom. The zero-order chi connectivity index (χ0) is 38.1. The molecule has 0 radical (unpaired) electrons. The van der Waals surface area contributed by atoms with Gasteiger partial charge in [-0.3, -0.25) is 9.59 Å². The van der Waals surface area contributed by atoms with E-state index in [-0.39, 0.29) is 56.4 Å². The molecule has 7 rings (SSSR count). The van der Waals surface area contributed by atoms with E-state index in [1.165, 1.54) is 31.3 Å². The minimum atomic E-state index is -0.965. The van der Waals surface area contributed by atoms with Gasteiger partial charge in [0.25, 0.3) is 5.91 Å². The SMILES string of the molecule is C=C(C)C1CCC2(C(=O)NCCc3cccc(C(=O)NCc4ccc(C(=O)O)s4)c3)CC[C@]3(C)C(CCC4[C@@]5(C)CC[C@H](O)C(C)(C)C5CC[C@]43C)C12. The minimum Gasteiger partial charge on any atom is -0.477 e. The van der Waals surface area contributed by atoms with Gasteiger partial charge in [-0.2, -0.15) is 0 Å². The normalized spacial score (nSPS) is 38.4. The largest absolute Gasteiger partial charge is 0.477 e. The van der Waals surface area contributed by atoms with Gasteiger partial charge in [0.05, 0.1) is 18.1 Å². The molecule has 288 valence electrons. The molecular weight excluding hydrogens is 681 g/mol. The molecular formula is C45H62N2O5S. The van der Waals surface area contributed by atoms with Crippen LogP contribution in [0.25, 0.3) is 0 Å². The van der Waals surface area contributed by atoms with Gasteiger partial charge < -0.3 is 20.8 Å². The van der Waals surface area contributed by atoms with Gasteiger partial charge in [-0.1, -0.05) is 58.9 Å². The lowest BCUT2D eigenvalue weighted by Gasteiger charge is -2.72. The van der Waals surface area contributed by atoms with Crippen molar-refractivity contribution in [2.45, 2.75) is 125 Å². The van der Waals surface area contributed by atoms with Crippen molar-refractivity contribution in [2.75, 3.05) is 6.54 Å². The molecule has 2 amide bonds. The number of carbonyl (C=O) groups excluding carboxylic acids is 2. The molecule has 5 aliphatic rings. The highest BCUT2D eigenvalue weighted by Crippen LogP contribution is 2.77. The lowest BCUT2D eigenvalue weighted by Crippen LogP contribution is -2.67. The summed E-state index contributed by atoms with van der Waals surface area (Å²) in [5.74, 6) is 1.35. The molecule has 0 saturated heterocycles. The summed E-state index contributed by atoms with van der Waals surface area (Å²) in [4.78, 5) is 39.8. The van der Waals surface area contributed by atoms with E-state index in [1.807, 2.05) is 18.2 Å². The molecule has 5 saturated carbocycles. The quantitative estimate of drug-likeness (QED) is 0.192. The Hall–Kier alpha value is -2.97. The molecule has 53 heavy (non-hydrogen) atoms. The predicted octanol–water partition coefficient (Wildman–Crippen LogP) is 9.05. The van der Waals surface area contributed by atoms with Crippen molar-refractivity contribution in [2.24, 2.45) is 56.7 Å². The Kier molecular flexibility index (Phi) is 9.87. The average Bonchev–Trinajstić information content (AvgIpc) is 3.76. The monoisotopic (exact) mass is 742 g/mol. The van der Waals surface area contributed by atoms with Crippen molar-refractivity contribution < 1.29 is 24.6 Å². The Bertz CT molecular complexity index is 1780. The third-order valence-corrected chi connectivity index (χ3v) is 17.8. The molecule has 1 heterocycles. The van der Waals surface area contributed by atoms with Crippen molar-refractivity contribution in [1.29, 1.82) is 0 Å². The molecule has 6 unspecified atom stereocenters. The first-order valence-corrected chi connectivity index (χ1v) is 21.1. The summed E-state index contributed by atoms with van der Waals surface area (Å²) in [6.07, 6.45) is 11.2. The van der Waals surface area contributed by atoms with Crippen molar-refractivity contribution in [3.8, 4) is 0 Å². The standard InChI is InChI=1S/C45H62N2O5S/c1-27(2)31-15-21-45(40(52)46-24-18-28-9-8-10-29(25-28)38(49)47-26-30-11-13-33(53-30)39(50)51)23-22-43(6)32(37(31)45)12-14-35-42(5)19-17-36(48)41(3,4)34(42)16-20-44(35,43)7/h8-11,13,25,31-32,34-37,48H,1,12,14-24,26H2,2-7H3,(H,46,52)(H,47,49)(H,50,51)/t31?,32?,34?,35?,36-,37?,42-,43+,44+,45?/m0/s1. The number of carbonyl (C=O) groups is 3. The highest BCUT2D eigenvalue weighted by molar-refractivity contribution is 7.13. The van der Waals surface area contributed by atoms with Gasteiger partial charge in [0.1, 0.15) is 4.88 Å². The number of fused-ring (bicyclic) bond motifs is 7. The van der Waals surface area contributed by atoms with Gasteiger partial charge in [0.2, 0.25) is 5.91 Å². The van der Waals surface area contributed by atoms with Gasteiger partial charge in [0.15, 0.2) is 0 Å². The first-order valence-electron chi connectivity index (χ1n) is 20.3. The van der Waals surface area contributed by atoms with E-state index in [4.69, 9.17) is 0 Å². The van der Waals surface area contributed by atoms with E-state index in [1.54, 1.807) is 18.2 Å². The first-order chi connectivity index (χ1) is 25.0. The number of rotatable bonds is 9. The first kappa shape index (κ1) is 38.3. The van der Waals surface area contributed by atoms with Crippen LogP contribution in [-0.4, -0.2) is 40.6 Å². The van der Waals surface area contributed by atoms with Crippen molar-refractivity contribution in [1.82, 2.24) is 10.6 Å². The number of hydrogen-bond acceptors (Lipinski definition) is 5. The summed E-state index contributed by atoms with van der Waals surface area (Å²) < 4.78 is 0. The summed E-state index contributed by atoms with van der Waals surface area (Å²) in [7, 11) is 0. The fourth-order valence-electron chi connectivity index (χ4n) is 13.7. The molecule has 10 atom stereocenters. The molecule has 1 aromatic carbocycles. The maximum absolute atomic E-state index is 14.6. The fourth-order valence-corrected chi connectivity index (χ4v) is 14.5. The molecule has 8 heteroatoms. The lowest BCUT2D eigenvalue weighted by atomic mass is 9.32. The van der Waals surface area contributed by atoms with Crippen LogP contribution in [0.2, 0.25) is 0 Å². The van der Waals surface area contributed by atoms with E-state index < -0.39 is 5.97 Å². The number of carboxylic acids is 1. The van der Waals surface area contributed by atoms with Crippen LogP contribution in [-0.2, 0) is 17.8 Å². The molecule has 1 aromatic heterocycles. The van der Waals surface area contributed by atoms with Gasteiger partial charge in [-0.05, 0) is 159 Å². The van der Waals surface area contributed by atoms with Gasteiger partial charge in [-0.15, -0.1) is 11.3 Å². The number of aliphatic hydroxyl groups excluding tert-OH is 1. The number of benzene rings is 1. The number of thiophene rings is 1. The van der Waals surface area contributed by atoms with E-state index in [0.29, 0.717) is 48.1 Å². The van der Waals surface area contributed by atoms with E-state index in [2.05, 4.69) is 58.8 Å². The van der Waals surface area contributed by atoms with Crippen molar-refractivity contribution in [3.63, 3.8) is 0 Å². The Balaban J connectivity index is 1.05. The van der Waals surface area contributed by atoms with Crippen LogP contribution in [0.4, 0.5) is 0 Å². The predicted molar refractivity (Wildman–Crippen MR) is 211 cm³/mol. The number of carboxylic acid groups (broad SMARTS) is 1. The minimum absolute atomic E-state index is 0.0597. The smallest absolute Gasteiger partial charge is 0.345 e. The molecule has 0 spiro atoms. The molecule has 4 N–H and O–H groups in total. The van der Waals surface area contributed by atoms with Crippen LogP contribution in [0.3, 0.4) is 0 Å². The van der Waals surface area contributed by atoms with Gasteiger partial charge >= 0.3 is 5.97 Å². The zero-order valence-electron chi connectivity index (χ0n) is 32.9. The summed E-state index contributed by atoms with van der Waals surface area (Å²) in [5.41, 5.74) is 2.92. The van der Waals surface area contributed by atoms with Crippen LogP contribution in [0, 0.1) is 56.7 Å². The lowest BCUT2D eigenvalue weighted by molar-refractivity contribution is -0.246. The number of hydrogen-bond donors (Lipinski definition) is 4. The van der Waals surface area contributed by atoms with Crippen LogP contribution in [0.1, 0.15) is 136 Å². The van der Waals surface area contributed by atoms with E-state index >= 15 is 0 Å². The Morgan fingerprint density at radius 3 is 2.36 bits per heavy atom. The highest BCUT2D eigenvalue weighted by atomic mass is 32.1. The number of amides is 2. The fraction of sp³-hybridized carbons (Fsp3) is 0.667. The zero-order valence-corrected chi connectivity index (χ0v) is 33.7. The number of aromatic carboxylic acids is 1. The average molecular weight is 743 g/mol. The molecule has 5 fully saturated rings. The number of nitrogens with one attached hydrogen (secondary N) is 2.